The van der Waals surface area contributed by atoms with Crippen LogP contribution in [0.4, 0.5) is 0 Å². The first-order valence-electron chi connectivity index (χ1n) is 8.02. The van der Waals surface area contributed by atoms with Crippen molar-refractivity contribution in [3.63, 3.8) is 0 Å². The Hall–Kier alpha value is -2.69. The topological polar surface area (TPSA) is 56.8 Å². The van der Waals surface area contributed by atoms with E-state index in [2.05, 4.69) is 19.2 Å². The van der Waals surface area contributed by atoms with Crippen molar-refractivity contribution in [1.82, 2.24) is 5.32 Å². The summed E-state index contributed by atoms with van der Waals surface area (Å²) in [7, 11) is 0. The number of rotatable bonds is 6. The fourth-order valence-corrected chi connectivity index (χ4v) is 2.35. The predicted molar refractivity (Wildman–Crippen MR) is 90.5 cm³/mol. The minimum absolute atomic E-state index is 0.150. The minimum atomic E-state index is -0.183. The molecule has 3 rings (SSSR count). The van der Waals surface area contributed by atoms with Crippen LogP contribution < -0.4 is 19.5 Å². The zero-order chi connectivity index (χ0) is 16.9. The molecule has 0 aliphatic carbocycles. The van der Waals surface area contributed by atoms with Gasteiger partial charge in [-0.3, -0.25) is 4.79 Å². The number of ether oxygens (including phenoxy) is 3. The molecule has 0 bridgehead atoms. The Morgan fingerprint density at radius 3 is 2.71 bits per heavy atom. The molecule has 0 saturated carbocycles. The van der Waals surface area contributed by atoms with Crippen LogP contribution in [-0.4, -0.2) is 19.3 Å². The first-order valence-corrected chi connectivity index (χ1v) is 8.02. The molecule has 2 aromatic carbocycles. The number of carbonyl (C=O) groups excluding carboxylic acids is 1. The largest absolute Gasteiger partial charge is 0.493 e. The lowest BCUT2D eigenvalue weighted by Gasteiger charge is -2.10. The van der Waals surface area contributed by atoms with Crippen LogP contribution in [0.5, 0.6) is 17.2 Å². The molecule has 0 saturated heterocycles. The van der Waals surface area contributed by atoms with Gasteiger partial charge >= 0.3 is 0 Å². The molecule has 1 N–H and O–H groups in total. The quantitative estimate of drug-likeness (QED) is 0.884. The smallest absolute Gasteiger partial charge is 0.255 e. The molecule has 1 aliphatic heterocycles. The fraction of sp³-hybridized carbons (Fsp3) is 0.316. The van der Waals surface area contributed by atoms with Crippen LogP contribution in [0.1, 0.15) is 29.8 Å². The lowest BCUT2D eigenvalue weighted by molar-refractivity contribution is 0.0946. The zero-order valence-corrected chi connectivity index (χ0v) is 13.9. The Morgan fingerprint density at radius 1 is 1.17 bits per heavy atom. The maximum atomic E-state index is 12.4. The van der Waals surface area contributed by atoms with E-state index in [0.29, 0.717) is 36.1 Å². The Kier molecular flexibility index (Phi) is 4.89. The van der Waals surface area contributed by atoms with Crippen molar-refractivity contribution < 1.29 is 19.0 Å². The van der Waals surface area contributed by atoms with Crippen LogP contribution in [0.2, 0.25) is 0 Å². The Balaban J connectivity index is 1.58. The predicted octanol–water partition coefficient (Wildman–Crippen LogP) is 3.38. The highest BCUT2D eigenvalue weighted by Crippen LogP contribution is 2.35. The van der Waals surface area contributed by atoms with Crippen molar-refractivity contribution in [2.45, 2.75) is 20.4 Å². The molecule has 0 spiro atoms. The van der Waals surface area contributed by atoms with Gasteiger partial charge in [-0.1, -0.05) is 32.0 Å². The average molecular weight is 327 g/mol. The van der Waals surface area contributed by atoms with Gasteiger partial charge in [-0.15, -0.1) is 0 Å². The summed E-state index contributed by atoms with van der Waals surface area (Å²) in [6.07, 6.45) is 0. The van der Waals surface area contributed by atoms with E-state index in [1.54, 1.807) is 18.2 Å². The summed E-state index contributed by atoms with van der Waals surface area (Å²) >= 11 is 0. The number of benzene rings is 2. The molecule has 0 radical (unpaired) electrons. The monoisotopic (exact) mass is 327 g/mol. The molecule has 1 amide bonds. The van der Waals surface area contributed by atoms with E-state index in [0.717, 1.165) is 11.3 Å². The van der Waals surface area contributed by atoms with Gasteiger partial charge in [0.25, 0.3) is 5.91 Å². The average Bonchev–Trinajstić information content (AvgIpc) is 3.07. The van der Waals surface area contributed by atoms with Gasteiger partial charge in [-0.05, 0) is 35.7 Å². The lowest BCUT2D eigenvalue weighted by Crippen LogP contribution is -2.23. The normalized spacial score (nSPS) is 12.3. The van der Waals surface area contributed by atoms with Crippen LogP contribution in [0, 0.1) is 5.92 Å². The first-order chi connectivity index (χ1) is 11.6. The zero-order valence-electron chi connectivity index (χ0n) is 13.9. The molecular formula is C19H21NO4. The standard InChI is InChI=1S/C19H21NO4/c1-13(2)11-22-15-8-6-14(7-9-15)10-20-19(21)16-4-3-5-17-18(16)24-12-23-17/h3-9,13H,10-12H2,1-2H3,(H,20,21). The van der Waals surface area contributed by atoms with Crippen LogP contribution in [0.3, 0.4) is 0 Å². The molecule has 0 fully saturated rings. The van der Waals surface area contributed by atoms with Crippen molar-refractivity contribution in [1.29, 1.82) is 0 Å². The van der Waals surface area contributed by atoms with Crippen molar-refractivity contribution in [3.8, 4) is 17.2 Å². The first kappa shape index (κ1) is 16.2. The van der Waals surface area contributed by atoms with Crippen LogP contribution in [0.15, 0.2) is 42.5 Å². The van der Waals surface area contributed by atoms with E-state index in [1.807, 2.05) is 24.3 Å². The maximum Gasteiger partial charge on any atom is 0.255 e. The number of amides is 1. The summed E-state index contributed by atoms with van der Waals surface area (Å²) in [6.45, 7) is 5.50. The molecule has 2 aromatic rings. The summed E-state index contributed by atoms with van der Waals surface area (Å²) in [4.78, 5) is 12.4. The van der Waals surface area contributed by atoms with E-state index < -0.39 is 0 Å². The summed E-state index contributed by atoms with van der Waals surface area (Å²) in [5.74, 6) is 2.26. The number of fused-ring (bicyclic) bond motifs is 1. The van der Waals surface area contributed by atoms with Gasteiger partial charge in [0.2, 0.25) is 6.79 Å². The Labute approximate surface area is 141 Å². The van der Waals surface area contributed by atoms with E-state index in [1.165, 1.54) is 0 Å². The second-order valence-corrected chi connectivity index (χ2v) is 6.07. The van der Waals surface area contributed by atoms with E-state index in [9.17, 15) is 4.79 Å². The second-order valence-electron chi connectivity index (χ2n) is 6.07. The van der Waals surface area contributed by atoms with Gasteiger partial charge < -0.3 is 19.5 Å². The molecule has 0 aromatic heterocycles. The molecular weight excluding hydrogens is 306 g/mol. The minimum Gasteiger partial charge on any atom is -0.493 e. The molecule has 5 nitrogen and oxygen atoms in total. The molecule has 24 heavy (non-hydrogen) atoms. The van der Waals surface area contributed by atoms with E-state index in [-0.39, 0.29) is 12.7 Å². The highest BCUT2D eigenvalue weighted by atomic mass is 16.7. The number of hydrogen-bond donors (Lipinski definition) is 1. The van der Waals surface area contributed by atoms with Crippen molar-refractivity contribution in [2.24, 2.45) is 5.92 Å². The molecule has 0 atom stereocenters. The van der Waals surface area contributed by atoms with Crippen LogP contribution in [0.25, 0.3) is 0 Å². The maximum absolute atomic E-state index is 12.4. The van der Waals surface area contributed by atoms with Gasteiger partial charge in [0.05, 0.1) is 12.2 Å². The number of para-hydroxylation sites is 1. The molecule has 1 aliphatic rings. The second kappa shape index (κ2) is 7.25. The van der Waals surface area contributed by atoms with Crippen LogP contribution >= 0.6 is 0 Å². The van der Waals surface area contributed by atoms with E-state index in [4.69, 9.17) is 14.2 Å². The molecule has 5 heteroatoms. The van der Waals surface area contributed by atoms with Crippen molar-refractivity contribution in [3.05, 3.63) is 53.6 Å². The van der Waals surface area contributed by atoms with Gasteiger partial charge in [0.1, 0.15) is 5.75 Å². The summed E-state index contributed by atoms with van der Waals surface area (Å²) < 4.78 is 16.3. The lowest BCUT2D eigenvalue weighted by atomic mass is 10.1. The summed E-state index contributed by atoms with van der Waals surface area (Å²) in [5.41, 5.74) is 1.49. The number of nitrogens with one attached hydrogen (secondary N) is 1. The molecule has 0 unspecified atom stereocenters. The highest BCUT2D eigenvalue weighted by Gasteiger charge is 2.21. The van der Waals surface area contributed by atoms with Gasteiger partial charge in [0, 0.05) is 6.54 Å². The van der Waals surface area contributed by atoms with Crippen molar-refractivity contribution in [2.75, 3.05) is 13.4 Å². The number of carbonyl (C=O) groups is 1. The van der Waals surface area contributed by atoms with Gasteiger partial charge in [-0.2, -0.15) is 0 Å². The molecule has 126 valence electrons. The van der Waals surface area contributed by atoms with Gasteiger partial charge in [0.15, 0.2) is 11.5 Å². The number of hydrogen-bond acceptors (Lipinski definition) is 4. The molecule has 1 heterocycles. The Morgan fingerprint density at radius 2 is 1.96 bits per heavy atom. The fourth-order valence-electron chi connectivity index (χ4n) is 2.35. The van der Waals surface area contributed by atoms with E-state index >= 15 is 0 Å². The third-order valence-electron chi connectivity index (χ3n) is 3.60. The third kappa shape index (κ3) is 3.79. The van der Waals surface area contributed by atoms with Crippen LogP contribution in [-0.2, 0) is 6.54 Å². The SMILES string of the molecule is CC(C)COc1ccc(CNC(=O)c2cccc3c2OCO3)cc1. The van der Waals surface area contributed by atoms with Crippen molar-refractivity contribution >= 4 is 5.91 Å². The third-order valence-corrected chi connectivity index (χ3v) is 3.60. The Bertz CT molecular complexity index is 710. The summed E-state index contributed by atoms with van der Waals surface area (Å²) in [5, 5.41) is 2.90. The summed E-state index contributed by atoms with van der Waals surface area (Å²) in [6, 6.07) is 13.0. The van der Waals surface area contributed by atoms with Gasteiger partial charge in [-0.25, -0.2) is 0 Å². The highest BCUT2D eigenvalue weighted by molar-refractivity contribution is 5.97.